The van der Waals surface area contributed by atoms with Gasteiger partial charge < -0.3 is 4.90 Å². The van der Waals surface area contributed by atoms with Gasteiger partial charge in [-0.3, -0.25) is 9.88 Å². The van der Waals surface area contributed by atoms with Crippen LogP contribution in [0.5, 0.6) is 0 Å². The first-order chi connectivity index (χ1) is 11.1. The van der Waals surface area contributed by atoms with Gasteiger partial charge in [0.2, 0.25) is 0 Å². The molecule has 2 fully saturated rings. The first-order valence-corrected chi connectivity index (χ1v) is 8.43. The minimum Gasteiger partial charge on any atom is -0.355 e. The van der Waals surface area contributed by atoms with Crippen molar-refractivity contribution in [3.05, 3.63) is 53.5 Å². The Labute approximate surface area is 162 Å². The first kappa shape index (κ1) is 20.0. The Bertz CT molecular complexity index is 724. The van der Waals surface area contributed by atoms with Crippen molar-refractivity contribution in [3.63, 3.8) is 0 Å². The molecule has 1 aromatic carbocycles. The number of hydrogen-bond acceptors (Lipinski definition) is 4. The van der Waals surface area contributed by atoms with E-state index < -0.39 is 0 Å². The molecule has 0 amide bonds. The van der Waals surface area contributed by atoms with Crippen LogP contribution in [0.25, 0.3) is 0 Å². The van der Waals surface area contributed by atoms with E-state index in [0.717, 1.165) is 24.6 Å². The highest BCUT2D eigenvalue weighted by Crippen LogP contribution is 2.45. The maximum atomic E-state index is 4.67. The number of rotatable bonds is 2. The van der Waals surface area contributed by atoms with Crippen molar-refractivity contribution in [2.75, 3.05) is 31.6 Å². The Hall–Kier alpha value is -1.36. The van der Waals surface area contributed by atoms with Crippen LogP contribution in [0.15, 0.2) is 36.7 Å². The summed E-state index contributed by atoms with van der Waals surface area (Å²) < 4.78 is 0. The predicted molar refractivity (Wildman–Crippen MR) is 107 cm³/mol. The second kappa shape index (κ2) is 7.90. The van der Waals surface area contributed by atoms with Gasteiger partial charge in [-0.1, -0.05) is 24.3 Å². The third-order valence-electron chi connectivity index (χ3n) is 5.47. The summed E-state index contributed by atoms with van der Waals surface area (Å²) in [5.41, 5.74) is 3.88. The number of hydrogen-bond donors (Lipinski definition) is 0. The molecule has 0 spiro atoms. The largest absolute Gasteiger partial charge is 0.355 e. The number of aryl methyl sites for hydroxylation is 2. The zero-order valence-corrected chi connectivity index (χ0v) is 16.6. The molecule has 1 aromatic heterocycles. The van der Waals surface area contributed by atoms with Crippen molar-refractivity contribution in [2.24, 2.45) is 11.8 Å². The monoisotopic (exact) mass is 380 g/mol. The Morgan fingerprint density at radius 1 is 1.00 bits per heavy atom. The van der Waals surface area contributed by atoms with Crippen LogP contribution in [0.1, 0.15) is 22.9 Å². The van der Waals surface area contributed by atoms with E-state index in [1.165, 1.54) is 17.7 Å². The average Bonchev–Trinajstić information content (AvgIpc) is 3.05. The van der Waals surface area contributed by atoms with E-state index in [4.69, 9.17) is 0 Å². The SMILES string of the molecule is Cc1cncc(N2C[C@@H]3CN(C)[C@@H](c4ccccc4C)[C@@H]3C2)n1.Cl.Cl. The normalized spacial score (nSPS) is 25.2. The Balaban J connectivity index is 0.00000113. The van der Waals surface area contributed by atoms with E-state index in [1.54, 1.807) is 0 Å². The lowest BCUT2D eigenvalue weighted by Crippen LogP contribution is -2.30. The number of benzene rings is 1. The summed E-state index contributed by atoms with van der Waals surface area (Å²) in [4.78, 5) is 13.9. The van der Waals surface area contributed by atoms with Crippen molar-refractivity contribution in [2.45, 2.75) is 19.9 Å². The smallest absolute Gasteiger partial charge is 0.147 e. The quantitative estimate of drug-likeness (QED) is 0.795. The molecule has 0 aliphatic carbocycles. The molecule has 0 N–H and O–H groups in total. The van der Waals surface area contributed by atoms with Gasteiger partial charge in [-0.15, -0.1) is 24.8 Å². The number of halogens is 2. The van der Waals surface area contributed by atoms with Crippen molar-refractivity contribution in [1.82, 2.24) is 14.9 Å². The number of nitrogens with zero attached hydrogens (tertiary/aromatic N) is 4. The highest BCUT2D eigenvalue weighted by molar-refractivity contribution is 5.85. The fourth-order valence-corrected chi connectivity index (χ4v) is 4.43. The van der Waals surface area contributed by atoms with E-state index in [2.05, 4.69) is 58.0 Å². The molecular formula is C19H26Cl2N4. The Morgan fingerprint density at radius 3 is 2.48 bits per heavy atom. The zero-order chi connectivity index (χ0) is 16.0. The number of aromatic nitrogens is 2. The molecule has 4 rings (SSSR count). The lowest BCUT2D eigenvalue weighted by molar-refractivity contribution is 0.279. The molecule has 0 unspecified atom stereocenters. The number of fused-ring (bicyclic) bond motifs is 1. The number of likely N-dealkylation sites (tertiary alicyclic amines) is 1. The van der Waals surface area contributed by atoms with Gasteiger partial charge in [0.25, 0.3) is 0 Å². The van der Waals surface area contributed by atoms with Crippen LogP contribution in [0, 0.1) is 25.7 Å². The fraction of sp³-hybridized carbons (Fsp3) is 0.474. The van der Waals surface area contributed by atoms with Gasteiger partial charge in [0.1, 0.15) is 5.82 Å². The molecule has 0 saturated carbocycles. The summed E-state index contributed by atoms with van der Waals surface area (Å²) in [6.45, 7) is 7.58. The zero-order valence-electron chi connectivity index (χ0n) is 14.9. The number of anilines is 1. The van der Waals surface area contributed by atoms with Crippen LogP contribution in [0.3, 0.4) is 0 Å². The van der Waals surface area contributed by atoms with E-state index in [-0.39, 0.29) is 24.8 Å². The van der Waals surface area contributed by atoms with Gasteiger partial charge in [0.15, 0.2) is 0 Å². The molecule has 2 saturated heterocycles. The van der Waals surface area contributed by atoms with E-state index >= 15 is 0 Å². The molecule has 0 bridgehead atoms. The molecule has 6 heteroatoms. The van der Waals surface area contributed by atoms with Gasteiger partial charge in [-0.2, -0.15) is 0 Å². The van der Waals surface area contributed by atoms with Gasteiger partial charge in [-0.05, 0) is 37.9 Å². The fourth-order valence-electron chi connectivity index (χ4n) is 4.43. The highest BCUT2D eigenvalue weighted by Gasteiger charge is 2.46. The summed E-state index contributed by atoms with van der Waals surface area (Å²) in [6.07, 6.45) is 3.73. The third-order valence-corrected chi connectivity index (χ3v) is 5.47. The second-order valence-electron chi connectivity index (χ2n) is 7.09. The van der Waals surface area contributed by atoms with Crippen molar-refractivity contribution >= 4 is 30.6 Å². The summed E-state index contributed by atoms with van der Waals surface area (Å²) in [6, 6.07) is 9.35. The summed E-state index contributed by atoms with van der Waals surface area (Å²) >= 11 is 0. The van der Waals surface area contributed by atoms with E-state index in [1.807, 2.05) is 19.3 Å². The average molecular weight is 381 g/mol. The van der Waals surface area contributed by atoms with Gasteiger partial charge in [0, 0.05) is 37.8 Å². The molecule has 4 nitrogen and oxygen atoms in total. The van der Waals surface area contributed by atoms with Gasteiger partial charge in [-0.25, -0.2) is 4.98 Å². The lowest BCUT2D eigenvalue weighted by atomic mass is 9.88. The molecule has 2 aliphatic heterocycles. The highest BCUT2D eigenvalue weighted by atomic mass is 35.5. The minimum absolute atomic E-state index is 0. The first-order valence-electron chi connectivity index (χ1n) is 8.43. The van der Waals surface area contributed by atoms with Gasteiger partial charge >= 0.3 is 0 Å². The third kappa shape index (κ3) is 3.62. The molecule has 25 heavy (non-hydrogen) atoms. The van der Waals surface area contributed by atoms with Crippen LogP contribution in [0.4, 0.5) is 5.82 Å². The Kier molecular flexibility index (Phi) is 6.30. The van der Waals surface area contributed by atoms with Crippen LogP contribution in [-0.4, -0.2) is 41.5 Å². The molecule has 136 valence electrons. The summed E-state index contributed by atoms with van der Waals surface area (Å²) in [7, 11) is 2.27. The van der Waals surface area contributed by atoms with Crippen molar-refractivity contribution in [3.8, 4) is 0 Å². The van der Waals surface area contributed by atoms with Crippen LogP contribution in [-0.2, 0) is 0 Å². The van der Waals surface area contributed by atoms with E-state index in [9.17, 15) is 0 Å². The topological polar surface area (TPSA) is 32.3 Å². The molecule has 3 heterocycles. The predicted octanol–water partition coefficient (Wildman–Crippen LogP) is 3.68. The lowest BCUT2D eigenvalue weighted by Gasteiger charge is -2.28. The van der Waals surface area contributed by atoms with Crippen LogP contribution < -0.4 is 4.90 Å². The van der Waals surface area contributed by atoms with Crippen LogP contribution >= 0.6 is 24.8 Å². The molecule has 3 atom stereocenters. The Morgan fingerprint density at radius 2 is 1.76 bits per heavy atom. The summed E-state index contributed by atoms with van der Waals surface area (Å²) in [5, 5.41) is 0. The second-order valence-corrected chi connectivity index (χ2v) is 7.09. The van der Waals surface area contributed by atoms with Crippen LogP contribution in [0.2, 0.25) is 0 Å². The van der Waals surface area contributed by atoms with Crippen molar-refractivity contribution < 1.29 is 0 Å². The molecule has 2 aromatic rings. The van der Waals surface area contributed by atoms with Crippen molar-refractivity contribution in [1.29, 1.82) is 0 Å². The summed E-state index contributed by atoms with van der Waals surface area (Å²) in [5.74, 6) is 2.42. The maximum Gasteiger partial charge on any atom is 0.147 e. The van der Waals surface area contributed by atoms with Gasteiger partial charge in [0.05, 0.1) is 11.9 Å². The molecule has 2 aliphatic rings. The standard InChI is InChI=1S/C19H24N4.2ClH/c1-13-6-4-5-7-16(13)19-17-12-23(11-15(17)10-22(19)3)18-9-20-8-14(2)21-18;;/h4-9,15,17,19H,10-12H2,1-3H3;2*1H/t15-,17+,19-;;/m0../s1. The molecular weight excluding hydrogens is 355 g/mol. The minimum atomic E-state index is 0. The maximum absolute atomic E-state index is 4.67. The molecule has 0 radical (unpaired) electrons. The van der Waals surface area contributed by atoms with E-state index in [0.29, 0.717) is 17.9 Å².